The first-order chi connectivity index (χ1) is 9.10. The van der Waals surface area contributed by atoms with Crippen LogP contribution in [0.4, 0.5) is 5.82 Å². The van der Waals surface area contributed by atoms with Crippen LogP contribution in [0.25, 0.3) is 0 Å². The van der Waals surface area contributed by atoms with Crippen molar-refractivity contribution in [2.45, 2.75) is 6.61 Å². The molecule has 0 aliphatic heterocycles. The highest BCUT2D eigenvalue weighted by Gasteiger charge is 2.15. The summed E-state index contributed by atoms with van der Waals surface area (Å²) in [6.07, 6.45) is 1.47. The molecule has 7 nitrogen and oxygen atoms in total. The van der Waals surface area contributed by atoms with Crippen LogP contribution in [-0.2, 0) is 11.3 Å². The Morgan fingerprint density at radius 1 is 1.53 bits per heavy atom. The van der Waals surface area contributed by atoms with Gasteiger partial charge >= 0.3 is 0 Å². The van der Waals surface area contributed by atoms with E-state index in [1.54, 1.807) is 0 Å². The number of nitrogens with one attached hydrogen (secondary N) is 1. The molecular formula is C10H8Br2N4O3. The van der Waals surface area contributed by atoms with E-state index in [1.807, 2.05) is 0 Å². The number of hydrogen-bond acceptors (Lipinski definition) is 6. The van der Waals surface area contributed by atoms with Gasteiger partial charge in [0.1, 0.15) is 15.8 Å². The summed E-state index contributed by atoms with van der Waals surface area (Å²) in [4.78, 5) is 20.0. The highest BCUT2D eigenvalue weighted by atomic mass is 79.9. The SMILES string of the molecule is COCc1cc(C(=O)Nc2ncc(Br)nc2Br)no1. The van der Waals surface area contributed by atoms with Gasteiger partial charge in [-0.05, 0) is 31.9 Å². The van der Waals surface area contributed by atoms with Crippen LogP contribution in [0.2, 0.25) is 0 Å². The maximum Gasteiger partial charge on any atom is 0.279 e. The number of rotatable bonds is 4. The van der Waals surface area contributed by atoms with Crippen LogP contribution in [0.3, 0.4) is 0 Å². The molecule has 1 amide bonds. The summed E-state index contributed by atoms with van der Waals surface area (Å²) >= 11 is 6.37. The molecule has 0 atom stereocenters. The number of ether oxygens (including phenoxy) is 1. The van der Waals surface area contributed by atoms with Gasteiger partial charge in [0.2, 0.25) is 0 Å². The molecule has 2 aromatic heterocycles. The van der Waals surface area contributed by atoms with E-state index < -0.39 is 5.91 Å². The highest BCUT2D eigenvalue weighted by Crippen LogP contribution is 2.20. The van der Waals surface area contributed by atoms with Crippen molar-refractivity contribution in [3.05, 3.63) is 32.9 Å². The van der Waals surface area contributed by atoms with Crippen molar-refractivity contribution in [1.29, 1.82) is 0 Å². The summed E-state index contributed by atoms with van der Waals surface area (Å²) in [5, 5.41) is 6.20. The maximum absolute atomic E-state index is 11.9. The second-order valence-electron chi connectivity index (χ2n) is 3.40. The largest absolute Gasteiger partial charge is 0.377 e. The minimum Gasteiger partial charge on any atom is -0.377 e. The Hall–Kier alpha value is -1.32. The zero-order valence-electron chi connectivity index (χ0n) is 9.68. The number of hydrogen-bond donors (Lipinski definition) is 1. The molecule has 0 aliphatic rings. The Bertz CT molecular complexity index is 602. The average molecular weight is 392 g/mol. The molecule has 0 saturated carbocycles. The van der Waals surface area contributed by atoms with E-state index in [9.17, 15) is 4.79 Å². The third-order valence-electron chi connectivity index (χ3n) is 2.01. The third kappa shape index (κ3) is 3.58. The van der Waals surface area contributed by atoms with Crippen molar-refractivity contribution in [1.82, 2.24) is 15.1 Å². The highest BCUT2D eigenvalue weighted by molar-refractivity contribution is 9.11. The van der Waals surface area contributed by atoms with Crippen LogP contribution in [-0.4, -0.2) is 28.1 Å². The molecule has 0 bridgehead atoms. The summed E-state index contributed by atoms with van der Waals surface area (Å²) in [6, 6.07) is 1.50. The Labute approximate surface area is 125 Å². The molecule has 0 fully saturated rings. The lowest BCUT2D eigenvalue weighted by Gasteiger charge is -2.03. The Kier molecular flexibility index (Phi) is 4.61. The van der Waals surface area contributed by atoms with Crippen LogP contribution in [0, 0.1) is 0 Å². The van der Waals surface area contributed by atoms with E-state index in [0.29, 0.717) is 20.8 Å². The summed E-state index contributed by atoms with van der Waals surface area (Å²) < 4.78 is 10.8. The van der Waals surface area contributed by atoms with E-state index in [4.69, 9.17) is 9.26 Å². The van der Waals surface area contributed by atoms with E-state index in [-0.39, 0.29) is 12.3 Å². The monoisotopic (exact) mass is 390 g/mol. The zero-order valence-corrected chi connectivity index (χ0v) is 12.9. The molecule has 9 heteroatoms. The number of carbonyl (C=O) groups excluding carboxylic acids is 1. The first-order valence-electron chi connectivity index (χ1n) is 5.04. The van der Waals surface area contributed by atoms with Crippen LogP contribution < -0.4 is 5.32 Å². The van der Waals surface area contributed by atoms with Crippen molar-refractivity contribution in [3.8, 4) is 0 Å². The van der Waals surface area contributed by atoms with Gasteiger partial charge in [-0.3, -0.25) is 4.79 Å². The lowest BCUT2D eigenvalue weighted by molar-refractivity contribution is 0.101. The van der Waals surface area contributed by atoms with Gasteiger partial charge in [0.05, 0.1) is 6.20 Å². The predicted octanol–water partition coefficient (Wildman–Crippen LogP) is 2.39. The molecule has 0 unspecified atom stereocenters. The topological polar surface area (TPSA) is 90.1 Å². The van der Waals surface area contributed by atoms with Crippen molar-refractivity contribution in [3.63, 3.8) is 0 Å². The summed E-state index contributed by atoms with van der Waals surface area (Å²) in [5.41, 5.74) is 0.142. The van der Waals surface area contributed by atoms with Gasteiger partial charge < -0.3 is 14.6 Å². The quantitative estimate of drug-likeness (QED) is 0.860. The van der Waals surface area contributed by atoms with Crippen molar-refractivity contribution in [2.24, 2.45) is 0 Å². The molecule has 0 aromatic carbocycles. The Morgan fingerprint density at radius 2 is 2.32 bits per heavy atom. The van der Waals surface area contributed by atoms with Gasteiger partial charge in [-0.2, -0.15) is 0 Å². The number of aromatic nitrogens is 3. The summed E-state index contributed by atoms with van der Waals surface area (Å²) in [7, 11) is 1.52. The number of amides is 1. The van der Waals surface area contributed by atoms with Crippen LogP contribution in [0.1, 0.15) is 16.2 Å². The van der Waals surface area contributed by atoms with Crippen molar-refractivity contribution >= 4 is 43.6 Å². The molecular weight excluding hydrogens is 384 g/mol. The van der Waals surface area contributed by atoms with Gasteiger partial charge in [0.25, 0.3) is 5.91 Å². The molecule has 2 rings (SSSR count). The molecule has 0 saturated heterocycles. The van der Waals surface area contributed by atoms with E-state index in [2.05, 4.69) is 52.3 Å². The minimum absolute atomic E-state index is 0.142. The molecule has 0 radical (unpaired) electrons. The van der Waals surface area contributed by atoms with E-state index in [1.165, 1.54) is 19.4 Å². The molecule has 19 heavy (non-hydrogen) atoms. The fraction of sp³-hybridized carbons (Fsp3) is 0.200. The molecule has 0 spiro atoms. The number of halogens is 2. The summed E-state index contributed by atoms with van der Waals surface area (Å²) in [5.74, 6) is 0.321. The second kappa shape index (κ2) is 6.22. The minimum atomic E-state index is -0.441. The fourth-order valence-corrected chi connectivity index (χ4v) is 2.14. The number of anilines is 1. The van der Waals surface area contributed by atoms with Gasteiger partial charge in [0, 0.05) is 13.2 Å². The van der Waals surface area contributed by atoms with Crippen LogP contribution in [0.5, 0.6) is 0 Å². The van der Waals surface area contributed by atoms with E-state index >= 15 is 0 Å². The second-order valence-corrected chi connectivity index (χ2v) is 4.96. The molecule has 100 valence electrons. The number of methoxy groups -OCH3 is 1. The predicted molar refractivity (Wildman–Crippen MR) is 72.6 cm³/mol. The van der Waals surface area contributed by atoms with Gasteiger partial charge in [0.15, 0.2) is 17.3 Å². The molecule has 2 aromatic rings. The van der Waals surface area contributed by atoms with Gasteiger partial charge in [-0.25, -0.2) is 9.97 Å². The van der Waals surface area contributed by atoms with Crippen molar-refractivity contribution in [2.75, 3.05) is 12.4 Å². The van der Waals surface area contributed by atoms with Gasteiger partial charge in [-0.1, -0.05) is 5.16 Å². The molecule has 2 heterocycles. The Morgan fingerprint density at radius 3 is 3.00 bits per heavy atom. The molecule has 1 N–H and O–H groups in total. The first-order valence-corrected chi connectivity index (χ1v) is 6.62. The smallest absolute Gasteiger partial charge is 0.279 e. The van der Waals surface area contributed by atoms with Crippen LogP contribution in [0.15, 0.2) is 26.0 Å². The lowest BCUT2D eigenvalue weighted by Crippen LogP contribution is -2.14. The molecule has 0 aliphatic carbocycles. The average Bonchev–Trinajstić information content (AvgIpc) is 2.82. The lowest BCUT2D eigenvalue weighted by atomic mass is 10.3. The maximum atomic E-state index is 11.9. The Balaban J connectivity index is 2.11. The number of nitrogens with zero attached hydrogens (tertiary/aromatic N) is 3. The number of carbonyl (C=O) groups is 1. The zero-order chi connectivity index (χ0) is 13.8. The fourth-order valence-electron chi connectivity index (χ4n) is 1.23. The van der Waals surface area contributed by atoms with Gasteiger partial charge in [-0.15, -0.1) is 0 Å². The standard InChI is InChI=1S/C10H8Br2N4O3/c1-18-4-5-2-6(16-19-5)10(17)15-9-8(12)14-7(11)3-13-9/h2-3H,4H2,1H3,(H,13,15,17). The first kappa shape index (κ1) is 14.1. The summed E-state index contributed by atoms with van der Waals surface area (Å²) in [6.45, 7) is 0.252. The van der Waals surface area contributed by atoms with Crippen LogP contribution >= 0.6 is 31.9 Å². The van der Waals surface area contributed by atoms with Crippen molar-refractivity contribution < 1.29 is 14.1 Å². The normalized spacial score (nSPS) is 10.5. The third-order valence-corrected chi connectivity index (χ3v) is 2.95. The van der Waals surface area contributed by atoms with E-state index in [0.717, 1.165) is 0 Å².